The molecule has 0 atom stereocenters. The second kappa shape index (κ2) is 5.17. The molecule has 0 aliphatic heterocycles. The summed E-state index contributed by atoms with van der Waals surface area (Å²) < 4.78 is 0. The second-order valence-corrected chi connectivity index (χ2v) is 0.552. The number of carboxylic acids is 1. The third-order valence-electron chi connectivity index (χ3n) is 0.135. The maximum Gasteiger partial charge on any atom is 0.329 e. The summed E-state index contributed by atoms with van der Waals surface area (Å²) in [6.07, 6.45) is 0. The van der Waals surface area contributed by atoms with Crippen LogP contribution in [0, 0.1) is 0 Å². The molecule has 0 aromatic rings. The van der Waals surface area contributed by atoms with Gasteiger partial charge in [-0.3, -0.25) is 0 Å². The fourth-order valence-electron chi connectivity index (χ4n) is 0. The van der Waals surface area contributed by atoms with Crippen LogP contribution in [-0.2, 0) is 27.2 Å². The third kappa shape index (κ3) is 8.90. The van der Waals surface area contributed by atoms with Gasteiger partial charge in [-0.25, -0.2) is 4.79 Å². The van der Waals surface area contributed by atoms with Gasteiger partial charge in [0.2, 0.25) is 0 Å². The standard InChI is InChI=1S/C2H4O3.Ag/c3-1-2(4)5;/h3H,1H2,(H,4,5);. The molecule has 0 aromatic carbocycles. The van der Waals surface area contributed by atoms with Crippen molar-refractivity contribution in [3.05, 3.63) is 0 Å². The fourth-order valence-corrected chi connectivity index (χ4v) is 0. The molecule has 0 aromatic heterocycles. The van der Waals surface area contributed by atoms with E-state index in [1.54, 1.807) is 0 Å². The van der Waals surface area contributed by atoms with Gasteiger partial charge < -0.3 is 10.2 Å². The topological polar surface area (TPSA) is 57.5 Å². The molecule has 4 heteroatoms. The maximum absolute atomic E-state index is 9.12. The van der Waals surface area contributed by atoms with Gasteiger partial charge in [-0.2, -0.15) is 0 Å². The molecule has 0 fully saturated rings. The van der Waals surface area contributed by atoms with Crippen LogP contribution in [-0.4, -0.2) is 22.8 Å². The predicted molar refractivity (Wildman–Crippen MR) is 14.7 cm³/mol. The summed E-state index contributed by atoms with van der Waals surface area (Å²) in [5, 5.41) is 15.0. The Morgan fingerprint density at radius 1 is 1.67 bits per heavy atom. The average molecular weight is 184 g/mol. The van der Waals surface area contributed by atoms with E-state index >= 15 is 0 Å². The van der Waals surface area contributed by atoms with Crippen molar-refractivity contribution in [1.82, 2.24) is 0 Å². The number of carbonyl (C=O) groups is 1. The first-order valence-corrected chi connectivity index (χ1v) is 1.10. The van der Waals surface area contributed by atoms with E-state index in [1.165, 1.54) is 0 Å². The van der Waals surface area contributed by atoms with Crippen molar-refractivity contribution in [2.45, 2.75) is 0 Å². The van der Waals surface area contributed by atoms with Crippen LogP contribution in [0.4, 0.5) is 0 Å². The summed E-state index contributed by atoms with van der Waals surface area (Å²) in [7, 11) is 0. The molecule has 0 aliphatic rings. The molecule has 0 heterocycles. The summed E-state index contributed by atoms with van der Waals surface area (Å²) >= 11 is 0. The van der Waals surface area contributed by atoms with Gasteiger partial charge in [0.05, 0.1) is 0 Å². The number of carboxylic acid groups (broad SMARTS) is 1. The van der Waals surface area contributed by atoms with Gasteiger partial charge in [-0.15, -0.1) is 0 Å². The van der Waals surface area contributed by atoms with Crippen LogP contribution < -0.4 is 0 Å². The molecule has 0 spiro atoms. The first kappa shape index (κ1) is 9.48. The van der Waals surface area contributed by atoms with Gasteiger partial charge in [0.1, 0.15) is 6.61 Å². The molecule has 2 N–H and O–H groups in total. The normalized spacial score (nSPS) is 6.17. The zero-order chi connectivity index (χ0) is 4.28. The number of rotatable bonds is 1. The molecule has 0 saturated heterocycles. The SMILES string of the molecule is O=C(O)CO.[Ag]. The van der Waals surface area contributed by atoms with Crippen molar-refractivity contribution in [1.29, 1.82) is 0 Å². The number of hydrogen-bond acceptors (Lipinski definition) is 2. The van der Waals surface area contributed by atoms with Gasteiger partial charge in [-0.05, 0) is 0 Å². The Kier molecular flexibility index (Phi) is 8.17. The third-order valence-corrected chi connectivity index (χ3v) is 0.135. The van der Waals surface area contributed by atoms with Crippen molar-refractivity contribution < 1.29 is 37.4 Å². The first-order chi connectivity index (χ1) is 2.27. The van der Waals surface area contributed by atoms with Gasteiger partial charge in [0.25, 0.3) is 0 Å². The Balaban J connectivity index is 0. The summed E-state index contributed by atoms with van der Waals surface area (Å²) in [4.78, 5) is 9.12. The molecule has 0 amide bonds. The zero-order valence-electron chi connectivity index (χ0n) is 2.81. The van der Waals surface area contributed by atoms with Crippen LogP contribution in [0.15, 0.2) is 0 Å². The Bertz CT molecular complexity index is 44.1. The molecule has 3 nitrogen and oxygen atoms in total. The Labute approximate surface area is 50.5 Å². The van der Waals surface area contributed by atoms with E-state index in [4.69, 9.17) is 15.0 Å². The Morgan fingerprint density at radius 3 is 1.83 bits per heavy atom. The molecule has 0 unspecified atom stereocenters. The summed E-state index contributed by atoms with van der Waals surface area (Å²) in [6, 6.07) is 0. The van der Waals surface area contributed by atoms with E-state index in [-0.39, 0.29) is 22.4 Å². The number of aliphatic hydroxyl groups excluding tert-OH is 1. The Morgan fingerprint density at radius 2 is 1.83 bits per heavy atom. The van der Waals surface area contributed by atoms with E-state index in [0.29, 0.717) is 0 Å². The van der Waals surface area contributed by atoms with Crippen molar-refractivity contribution in [2.75, 3.05) is 6.61 Å². The van der Waals surface area contributed by atoms with Gasteiger partial charge in [0.15, 0.2) is 0 Å². The van der Waals surface area contributed by atoms with E-state index in [9.17, 15) is 0 Å². The van der Waals surface area contributed by atoms with Crippen molar-refractivity contribution in [3.8, 4) is 0 Å². The van der Waals surface area contributed by atoms with Crippen LogP contribution in [0.3, 0.4) is 0 Å². The minimum atomic E-state index is -1.19. The summed E-state index contributed by atoms with van der Waals surface area (Å²) in [6.45, 7) is -0.778. The molecule has 6 heavy (non-hydrogen) atoms. The van der Waals surface area contributed by atoms with E-state index < -0.39 is 12.6 Å². The van der Waals surface area contributed by atoms with Gasteiger partial charge >= 0.3 is 5.97 Å². The molecule has 0 bridgehead atoms. The molecular weight excluding hydrogens is 180 g/mol. The number of aliphatic carboxylic acids is 1. The largest absolute Gasteiger partial charge is 0.480 e. The quantitative estimate of drug-likeness (QED) is 0.517. The monoisotopic (exact) mass is 183 g/mol. The van der Waals surface area contributed by atoms with Crippen LogP contribution in [0.5, 0.6) is 0 Å². The van der Waals surface area contributed by atoms with Crippen molar-refractivity contribution >= 4 is 5.97 Å². The number of hydrogen-bond donors (Lipinski definition) is 2. The van der Waals surface area contributed by atoms with Crippen molar-refractivity contribution in [2.24, 2.45) is 0 Å². The van der Waals surface area contributed by atoms with E-state index in [2.05, 4.69) is 0 Å². The maximum atomic E-state index is 9.12. The smallest absolute Gasteiger partial charge is 0.329 e. The van der Waals surface area contributed by atoms with Gasteiger partial charge in [0, 0.05) is 22.4 Å². The van der Waals surface area contributed by atoms with E-state index in [1.807, 2.05) is 0 Å². The predicted octanol–water partition coefficient (Wildman–Crippen LogP) is -0.939. The number of aliphatic hydroxyl groups is 1. The molecule has 1 radical (unpaired) electrons. The molecule has 0 aliphatic carbocycles. The molecule has 0 rings (SSSR count). The summed E-state index contributed by atoms with van der Waals surface area (Å²) in [5.74, 6) is -1.19. The first-order valence-electron chi connectivity index (χ1n) is 1.10. The van der Waals surface area contributed by atoms with Crippen molar-refractivity contribution in [3.63, 3.8) is 0 Å². The fraction of sp³-hybridized carbons (Fsp3) is 0.500. The van der Waals surface area contributed by atoms with Crippen LogP contribution >= 0.6 is 0 Å². The molecule has 41 valence electrons. The summed E-state index contributed by atoms with van der Waals surface area (Å²) in [5.41, 5.74) is 0. The average Bonchev–Trinajstić information content (AvgIpc) is 1.38. The Hall–Kier alpha value is 0.170. The molecular formula is C2H4AgO3. The zero-order valence-corrected chi connectivity index (χ0v) is 4.29. The van der Waals surface area contributed by atoms with Crippen LogP contribution in [0.1, 0.15) is 0 Å². The molecule has 0 saturated carbocycles. The minimum absolute atomic E-state index is 0. The van der Waals surface area contributed by atoms with Crippen LogP contribution in [0.2, 0.25) is 0 Å². The second-order valence-electron chi connectivity index (χ2n) is 0.552. The van der Waals surface area contributed by atoms with E-state index in [0.717, 1.165) is 0 Å². The van der Waals surface area contributed by atoms with Crippen LogP contribution in [0.25, 0.3) is 0 Å². The minimum Gasteiger partial charge on any atom is -0.480 e. The van der Waals surface area contributed by atoms with Gasteiger partial charge in [-0.1, -0.05) is 0 Å².